The van der Waals surface area contributed by atoms with E-state index in [1.54, 1.807) is 36.9 Å². The highest BCUT2D eigenvalue weighted by Gasteiger charge is 2.13. The molecule has 2 aromatic rings. The van der Waals surface area contributed by atoms with Gasteiger partial charge in [-0.05, 0) is 54.6 Å². The van der Waals surface area contributed by atoms with Crippen molar-refractivity contribution in [3.8, 4) is 0 Å². The zero-order chi connectivity index (χ0) is 17.5. The molecule has 0 saturated carbocycles. The molecule has 24 heavy (non-hydrogen) atoms. The average molecular weight is 362 g/mol. The molecule has 0 aliphatic heterocycles. The molecule has 0 atom stereocenters. The standard InChI is InChI=1S/C17H16ClN3O2S/c1-11-9-13(18)5-8-15(11)20-16(22)17(23)21-19-10-12-3-6-14(24-2)7-4-12/h3-10H,1-2H3,(H,20,22)(H,21,23)/b19-10-. The molecule has 5 nitrogen and oxygen atoms in total. The summed E-state index contributed by atoms with van der Waals surface area (Å²) in [4.78, 5) is 24.7. The number of hydrogen-bond donors (Lipinski definition) is 2. The van der Waals surface area contributed by atoms with E-state index in [-0.39, 0.29) is 0 Å². The molecule has 2 aromatic carbocycles. The lowest BCUT2D eigenvalue weighted by Gasteiger charge is -2.07. The molecule has 2 rings (SSSR count). The first-order chi connectivity index (χ1) is 11.5. The third-order valence-corrected chi connectivity index (χ3v) is 4.12. The van der Waals surface area contributed by atoms with E-state index in [9.17, 15) is 9.59 Å². The van der Waals surface area contributed by atoms with E-state index >= 15 is 0 Å². The second-order valence-corrected chi connectivity index (χ2v) is 6.20. The van der Waals surface area contributed by atoms with Gasteiger partial charge < -0.3 is 5.32 Å². The SMILES string of the molecule is CSc1ccc(/C=N\NC(=O)C(=O)Nc2ccc(Cl)cc2C)cc1. The van der Waals surface area contributed by atoms with Crippen molar-refractivity contribution in [2.75, 3.05) is 11.6 Å². The van der Waals surface area contributed by atoms with Gasteiger partial charge in [-0.1, -0.05) is 23.7 Å². The van der Waals surface area contributed by atoms with E-state index < -0.39 is 11.8 Å². The highest BCUT2D eigenvalue weighted by molar-refractivity contribution is 7.98. The number of aryl methyl sites for hydroxylation is 1. The molecule has 0 aliphatic carbocycles. The van der Waals surface area contributed by atoms with Crippen LogP contribution in [0.25, 0.3) is 0 Å². The van der Waals surface area contributed by atoms with E-state index in [2.05, 4.69) is 15.8 Å². The number of carbonyl (C=O) groups excluding carboxylic acids is 2. The van der Waals surface area contributed by atoms with Crippen LogP contribution in [-0.4, -0.2) is 24.3 Å². The van der Waals surface area contributed by atoms with Gasteiger partial charge in [0.15, 0.2) is 0 Å². The van der Waals surface area contributed by atoms with Gasteiger partial charge in [0.05, 0.1) is 6.21 Å². The van der Waals surface area contributed by atoms with Crippen LogP contribution in [0.4, 0.5) is 5.69 Å². The maximum Gasteiger partial charge on any atom is 0.329 e. The zero-order valence-corrected chi connectivity index (χ0v) is 14.7. The topological polar surface area (TPSA) is 70.6 Å². The number of nitrogens with one attached hydrogen (secondary N) is 2. The molecule has 0 unspecified atom stereocenters. The molecule has 2 N–H and O–H groups in total. The third kappa shape index (κ3) is 5.11. The molecule has 0 aliphatic rings. The van der Waals surface area contributed by atoms with Gasteiger partial charge in [0.2, 0.25) is 0 Å². The first kappa shape index (κ1) is 18.0. The fourth-order valence-corrected chi connectivity index (χ4v) is 2.49. The van der Waals surface area contributed by atoms with Crippen molar-refractivity contribution in [3.05, 3.63) is 58.6 Å². The van der Waals surface area contributed by atoms with Crippen LogP contribution in [-0.2, 0) is 9.59 Å². The van der Waals surface area contributed by atoms with Gasteiger partial charge in [-0.15, -0.1) is 11.8 Å². The summed E-state index contributed by atoms with van der Waals surface area (Å²) in [6.07, 6.45) is 3.47. The Labute approximate surface area is 149 Å². The zero-order valence-electron chi connectivity index (χ0n) is 13.2. The van der Waals surface area contributed by atoms with Crippen LogP contribution in [0.3, 0.4) is 0 Å². The second-order valence-electron chi connectivity index (χ2n) is 4.89. The molecule has 0 saturated heterocycles. The molecule has 0 aromatic heterocycles. The van der Waals surface area contributed by atoms with Crippen molar-refractivity contribution >= 4 is 47.1 Å². The fourth-order valence-electron chi connectivity index (χ4n) is 1.85. The normalized spacial score (nSPS) is 10.6. The van der Waals surface area contributed by atoms with Crippen molar-refractivity contribution in [2.45, 2.75) is 11.8 Å². The Hall–Kier alpha value is -2.31. The van der Waals surface area contributed by atoms with Crippen molar-refractivity contribution < 1.29 is 9.59 Å². The van der Waals surface area contributed by atoms with Gasteiger partial charge >= 0.3 is 11.8 Å². The van der Waals surface area contributed by atoms with Gasteiger partial charge in [-0.3, -0.25) is 9.59 Å². The Morgan fingerprint density at radius 3 is 2.46 bits per heavy atom. The summed E-state index contributed by atoms with van der Waals surface area (Å²) < 4.78 is 0. The van der Waals surface area contributed by atoms with E-state index in [4.69, 9.17) is 11.6 Å². The molecule has 7 heteroatoms. The second kappa shape index (κ2) is 8.52. The Bertz CT molecular complexity index is 776. The monoisotopic (exact) mass is 361 g/mol. The third-order valence-electron chi connectivity index (χ3n) is 3.14. The number of rotatable bonds is 4. The van der Waals surface area contributed by atoms with Crippen molar-refractivity contribution in [1.29, 1.82) is 0 Å². The van der Waals surface area contributed by atoms with Gasteiger partial charge in [-0.2, -0.15) is 5.10 Å². The van der Waals surface area contributed by atoms with Crippen LogP contribution in [0.15, 0.2) is 52.5 Å². The first-order valence-corrected chi connectivity index (χ1v) is 8.64. The number of hydrazone groups is 1. The highest BCUT2D eigenvalue weighted by Crippen LogP contribution is 2.19. The Morgan fingerprint density at radius 1 is 1.12 bits per heavy atom. The van der Waals surface area contributed by atoms with Crippen LogP contribution in [0.5, 0.6) is 0 Å². The van der Waals surface area contributed by atoms with Crippen LogP contribution < -0.4 is 10.7 Å². The largest absolute Gasteiger partial charge is 0.329 e. The fraction of sp³-hybridized carbons (Fsp3) is 0.118. The molecular weight excluding hydrogens is 346 g/mol. The van der Waals surface area contributed by atoms with E-state index in [1.165, 1.54) is 6.21 Å². The number of benzene rings is 2. The summed E-state index contributed by atoms with van der Waals surface area (Å²) in [5.74, 6) is -1.64. The number of halogens is 1. The smallest absolute Gasteiger partial charge is 0.317 e. The summed E-state index contributed by atoms with van der Waals surface area (Å²) in [5, 5.41) is 6.86. The minimum Gasteiger partial charge on any atom is -0.317 e. The maximum absolute atomic E-state index is 11.8. The number of amides is 2. The van der Waals surface area contributed by atoms with Crippen molar-refractivity contribution in [1.82, 2.24) is 5.43 Å². The molecule has 0 heterocycles. The van der Waals surface area contributed by atoms with Crippen LogP contribution in [0.2, 0.25) is 5.02 Å². The summed E-state index contributed by atoms with van der Waals surface area (Å²) >= 11 is 7.49. The van der Waals surface area contributed by atoms with Crippen LogP contribution >= 0.6 is 23.4 Å². The lowest BCUT2D eigenvalue weighted by Crippen LogP contribution is -2.32. The summed E-state index contributed by atoms with van der Waals surface area (Å²) in [6, 6.07) is 12.6. The van der Waals surface area contributed by atoms with Crippen molar-refractivity contribution in [2.24, 2.45) is 5.10 Å². The molecule has 0 fully saturated rings. The molecule has 2 amide bonds. The first-order valence-electron chi connectivity index (χ1n) is 7.04. The Morgan fingerprint density at radius 2 is 1.83 bits per heavy atom. The number of nitrogens with zero attached hydrogens (tertiary/aromatic N) is 1. The van der Waals surface area contributed by atoms with E-state index in [0.717, 1.165) is 16.0 Å². The van der Waals surface area contributed by atoms with Gasteiger partial charge in [0, 0.05) is 15.6 Å². The average Bonchev–Trinajstić information content (AvgIpc) is 2.57. The number of thioether (sulfide) groups is 1. The van der Waals surface area contributed by atoms with Crippen LogP contribution in [0.1, 0.15) is 11.1 Å². The summed E-state index contributed by atoms with van der Waals surface area (Å²) in [6.45, 7) is 1.79. The highest BCUT2D eigenvalue weighted by atomic mass is 35.5. The molecule has 0 bridgehead atoms. The Kier molecular flexibility index (Phi) is 6.40. The summed E-state index contributed by atoms with van der Waals surface area (Å²) in [7, 11) is 0. The quantitative estimate of drug-likeness (QED) is 0.379. The van der Waals surface area contributed by atoms with E-state index in [0.29, 0.717) is 10.7 Å². The van der Waals surface area contributed by atoms with Gasteiger partial charge in [0.1, 0.15) is 0 Å². The van der Waals surface area contributed by atoms with Crippen molar-refractivity contribution in [3.63, 3.8) is 0 Å². The predicted octanol–water partition coefficient (Wildman–Crippen LogP) is 3.46. The van der Waals surface area contributed by atoms with Gasteiger partial charge in [0.25, 0.3) is 0 Å². The predicted molar refractivity (Wildman–Crippen MR) is 98.8 cm³/mol. The number of anilines is 1. The summed E-state index contributed by atoms with van der Waals surface area (Å²) in [5.41, 5.74) is 4.31. The minimum absolute atomic E-state index is 0.524. The van der Waals surface area contributed by atoms with Gasteiger partial charge in [-0.25, -0.2) is 5.43 Å². The van der Waals surface area contributed by atoms with E-state index in [1.807, 2.05) is 30.5 Å². The Balaban J connectivity index is 1.91. The minimum atomic E-state index is -0.846. The molecule has 124 valence electrons. The number of carbonyl (C=O) groups is 2. The van der Waals surface area contributed by atoms with Crippen LogP contribution in [0, 0.1) is 6.92 Å². The molecular formula is C17H16ClN3O2S. The lowest BCUT2D eigenvalue weighted by molar-refractivity contribution is -0.136. The molecule has 0 spiro atoms. The molecule has 0 radical (unpaired) electrons. The number of hydrogen-bond acceptors (Lipinski definition) is 4. The maximum atomic E-state index is 11.8. The lowest BCUT2D eigenvalue weighted by atomic mass is 10.2.